The Morgan fingerprint density at radius 2 is 1.75 bits per heavy atom. The number of rotatable bonds is 17. The number of benzene rings is 1. The van der Waals surface area contributed by atoms with E-state index in [0.29, 0.717) is 39.6 Å². The SMILES string of the molecule is CCCCCC(C)(C)c1ccc(OCCOCCOCCOC2CCCCO2)c(CO)c1. The summed E-state index contributed by atoms with van der Waals surface area (Å²) in [6, 6.07) is 6.17. The molecule has 0 radical (unpaired) electrons. The van der Waals surface area contributed by atoms with E-state index in [1.165, 1.54) is 31.2 Å². The average Bonchev–Trinajstić information content (AvgIpc) is 2.81. The zero-order valence-electron chi connectivity index (χ0n) is 20.4. The molecular formula is C26H44O6. The van der Waals surface area contributed by atoms with Gasteiger partial charge >= 0.3 is 0 Å². The van der Waals surface area contributed by atoms with E-state index in [1.807, 2.05) is 6.07 Å². The lowest BCUT2D eigenvalue weighted by molar-refractivity contribution is -0.169. The van der Waals surface area contributed by atoms with Crippen LogP contribution in [0, 0.1) is 0 Å². The van der Waals surface area contributed by atoms with E-state index in [4.69, 9.17) is 23.7 Å². The molecule has 0 saturated carbocycles. The molecule has 0 amide bonds. The molecule has 0 aromatic heterocycles. The van der Waals surface area contributed by atoms with Crippen molar-refractivity contribution in [1.29, 1.82) is 0 Å². The van der Waals surface area contributed by atoms with Gasteiger partial charge in [-0.2, -0.15) is 0 Å². The molecule has 2 rings (SSSR count). The van der Waals surface area contributed by atoms with Crippen LogP contribution in [0.2, 0.25) is 0 Å². The molecule has 1 N–H and O–H groups in total. The minimum Gasteiger partial charge on any atom is -0.491 e. The van der Waals surface area contributed by atoms with Gasteiger partial charge in [0.15, 0.2) is 6.29 Å². The first-order valence-electron chi connectivity index (χ1n) is 12.3. The van der Waals surface area contributed by atoms with Crippen LogP contribution in [0.25, 0.3) is 0 Å². The third kappa shape index (κ3) is 10.2. The zero-order chi connectivity index (χ0) is 23.1. The van der Waals surface area contributed by atoms with Gasteiger partial charge in [-0.15, -0.1) is 0 Å². The Labute approximate surface area is 194 Å². The van der Waals surface area contributed by atoms with Gasteiger partial charge in [-0.05, 0) is 48.8 Å². The van der Waals surface area contributed by atoms with Gasteiger partial charge in [0.25, 0.3) is 0 Å². The summed E-state index contributed by atoms with van der Waals surface area (Å²) in [6.07, 6.45) is 8.05. The van der Waals surface area contributed by atoms with Crippen LogP contribution in [-0.4, -0.2) is 57.6 Å². The maximum absolute atomic E-state index is 9.80. The van der Waals surface area contributed by atoms with Gasteiger partial charge in [-0.25, -0.2) is 0 Å². The molecule has 1 fully saturated rings. The molecule has 1 aromatic rings. The highest BCUT2D eigenvalue weighted by atomic mass is 16.7. The van der Waals surface area contributed by atoms with Crippen LogP contribution in [0.5, 0.6) is 5.75 Å². The first kappa shape index (κ1) is 27.1. The highest BCUT2D eigenvalue weighted by molar-refractivity contribution is 5.39. The molecule has 1 aliphatic rings. The Morgan fingerprint density at radius 3 is 2.44 bits per heavy atom. The molecule has 1 aromatic carbocycles. The highest BCUT2D eigenvalue weighted by Gasteiger charge is 2.21. The molecule has 1 unspecified atom stereocenters. The Kier molecular flexibility index (Phi) is 13.2. The summed E-state index contributed by atoms with van der Waals surface area (Å²) < 4.78 is 28.1. The van der Waals surface area contributed by atoms with Crippen LogP contribution in [0.4, 0.5) is 0 Å². The zero-order valence-corrected chi connectivity index (χ0v) is 20.4. The van der Waals surface area contributed by atoms with E-state index in [0.717, 1.165) is 37.2 Å². The summed E-state index contributed by atoms with van der Waals surface area (Å²) in [5, 5.41) is 9.80. The highest BCUT2D eigenvalue weighted by Crippen LogP contribution is 2.32. The van der Waals surface area contributed by atoms with Crippen molar-refractivity contribution < 1.29 is 28.8 Å². The van der Waals surface area contributed by atoms with Crippen molar-refractivity contribution in [1.82, 2.24) is 0 Å². The van der Waals surface area contributed by atoms with Crippen LogP contribution in [-0.2, 0) is 31.0 Å². The lowest BCUT2D eigenvalue weighted by Gasteiger charge is -2.26. The van der Waals surface area contributed by atoms with Crippen LogP contribution < -0.4 is 4.74 Å². The van der Waals surface area contributed by atoms with Gasteiger partial charge in [0.2, 0.25) is 0 Å². The third-order valence-corrected chi connectivity index (χ3v) is 5.94. The molecule has 1 atom stereocenters. The van der Waals surface area contributed by atoms with Crippen LogP contribution in [0.1, 0.15) is 76.8 Å². The molecule has 0 spiro atoms. The molecule has 1 aliphatic heterocycles. The lowest BCUT2D eigenvalue weighted by atomic mass is 9.79. The van der Waals surface area contributed by atoms with Crippen molar-refractivity contribution in [3.8, 4) is 5.75 Å². The fourth-order valence-corrected chi connectivity index (χ4v) is 3.84. The van der Waals surface area contributed by atoms with E-state index in [1.54, 1.807) is 0 Å². The van der Waals surface area contributed by atoms with Crippen LogP contribution in [0.3, 0.4) is 0 Å². The van der Waals surface area contributed by atoms with Gasteiger partial charge in [0.05, 0.1) is 39.6 Å². The summed E-state index contributed by atoms with van der Waals surface area (Å²) in [5.74, 6) is 0.725. The number of unbranched alkanes of at least 4 members (excludes halogenated alkanes) is 2. The van der Waals surface area contributed by atoms with Gasteiger partial charge < -0.3 is 28.8 Å². The fourth-order valence-electron chi connectivity index (χ4n) is 3.84. The molecule has 0 bridgehead atoms. The molecule has 32 heavy (non-hydrogen) atoms. The molecular weight excluding hydrogens is 408 g/mol. The van der Waals surface area contributed by atoms with Crippen LogP contribution in [0.15, 0.2) is 18.2 Å². The summed E-state index contributed by atoms with van der Waals surface area (Å²) in [6.45, 7) is 10.6. The van der Waals surface area contributed by atoms with Gasteiger partial charge in [-0.1, -0.05) is 46.1 Å². The number of hydrogen-bond acceptors (Lipinski definition) is 6. The number of aliphatic hydroxyl groups is 1. The van der Waals surface area contributed by atoms with Crippen molar-refractivity contribution in [3.63, 3.8) is 0 Å². The number of ether oxygens (including phenoxy) is 5. The maximum Gasteiger partial charge on any atom is 0.157 e. The van der Waals surface area contributed by atoms with Crippen molar-refractivity contribution in [3.05, 3.63) is 29.3 Å². The maximum atomic E-state index is 9.80. The standard InChI is InChI=1S/C26H44O6/c1-4-5-7-12-26(2,3)23-10-11-24(22(20-23)21-27)30-18-16-28-14-15-29-17-19-32-25-9-6-8-13-31-25/h10-11,20,25,27H,4-9,12-19,21H2,1-3H3. The normalized spacial score (nSPS) is 16.9. The first-order valence-corrected chi connectivity index (χ1v) is 12.3. The van der Waals surface area contributed by atoms with Crippen LogP contribution >= 0.6 is 0 Å². The van der Waals surface area contributed by atoms with Crippen molar-refractivity contribution in [2.24, 2.45) is 0 Å². The molecule has 6 nitrogen and oxygen atoms in total. The summed E-state index contributed by atoms with van der Waals surface area (Å²) >= 11 is 0. The minimum absolute atomic E-state index is 0.0309. The summed E-state index contributed by atoms with van der Waals surface area (Å²) in [5.41, 5.74) is 2.17. The molecule has 6 heteroatoms. The van der Waals surface area contributed by atoms with E-state index >= 15 is 0 Å². The number of hydrogen-bond donors (Lipinski definition) is 1. The van der Waals surface area contributed by atoms with Gasteiger partial charge in [0, 0.05) is 12.2 Å². The van der Waals surface area contributed by atoms with Crippen molar-refractivity contribution in [2.75, 3.05) is 46.2 Å². The molecule has 0 aliphatic carbocycles. The molecule has 1 saturated heterocycles. The lowest BCUT2D eigenvalue weighted by Crippen LogP contribution is -2.24. The predicted octanol–water partition coefficient (Wildman–Crippen LogP) is 4.99. The predicted molar refractivity (Wildman–Crippen MR) is 126 cm³/mol. The second-order valence-corrected chi connectivity index (χ2v) is 9.06. The van der Waals surface area contributed by atoms with E-state index in [2.05, 4.69) is 32.9 Å². The Hall–Kier alpha value is -1.18. The summed E-state index contributed by atoms with van der Waals surface area (Å²) in [7, 11) is 0. The van der Waals surface area contributed by atoms with E-state index in [9.17, 15) is 5.11 Å². The van der Waals surface area contributed by atoms with Gasteiger partial charge in [0.1, 0.15) is 12.4 Å². The van der Waals surface area contributed by atoms with E-state index in [-0.39, 0.29) is 18.3 Å². The molecule has 184 valence electrons. The smallest absolute Gasteiger partial charge is 0.157 e. The summed E-state index contributed by atoms with van der Waals surface area (Å²) in [4.78, 5) is 0. The second kappa shape index (κ2) is 15.6. The quantitative estimate of drug-likeness (QED) is 0.336. The topological polar surface area (TPSA) is 66.4 Å². The fraction of sp³-hybridized carbons (Fsp3) is 0.769. The van der Waals surface area contributed by atoms with E-state index < -0.39 is 0 Å². The van der Waals surface area contributed by atoms with Gasteiger partial charge in [-0.3, -0.25) is 0 Å². The second-order valence-electron chi connectivity index (χ2n) is 9.06. The largest absolute Gasteiger partial charge is 0.491 e. The monoisotopic (exact) mass is 452 g/mol. The number of aliphatic hydroxyl groups excluding tert-OH is 1. The van der Waals surface area contributed by atoms with Crippen molar-refractivity contribution in [2.45, 2.75) is 84.0 Å². The first-order chi connectivity index (χ1) is 15.6. The third-order valence-electron chi connectivity index (χ3n) is 5.94. The molecule has 1 heterocycles. The Bertz CT molecular complexity index is 612. The average molecular weight is 453 g/mol. The Balaban J connectivity index is 1.58. The Morgan fingerprint density at radius 1 is 1.00 bits per heavy atom. The van der Waals surface area contributed by atoms with Crippen molar-refractivity contribution >= 4 is 0 Å². The minimum atomic E-state index is -0.0641.